The number of nitrogens with one attached hydrogen (secondary N) is 1. The third kappa shape index (κ3) is 10.2. The van der Waals surface area contributed by atoms with Gasteiger partial charge in [-0.25, -0.2) is 19.4 Å². The first kappa shape index (κ1) is 31.5. The average Bonchev–Trinajstić information content (AvgIpc) is 3.13. The number of nitrogens with zero attached hydrogens (tertiary/aromatic N) is 2. The first-order chi connectivity index (χ1) is 17.2. The highest BCUT2D eigenvalue weighted by molar-refractivity contribution is 6.34. The van der Waals surface area contributed by atoms with E-state index >= 15 is 0 Å². The molecule has 2 rings (SSSR count). The van der Waals surface area contributed by atoms with Crippen molar-refractivity contribution in [3.8, 4) is 0 Å². The summed E-state index contributed by atoms with van der Waals surface area (Å²) < 4.78 is 53.4. The molecule has 0 spiro atoms. The molecule has 13 heteroatoms. The minimum absolute atomic E-state index is 0.00213. The van der Waals surface area contributed by atoms with Gasteiger partial charge in [0.1, 0.15) is 17.3 Å². The van der Waals surface area contributed by atoms with Crippen molar-refractivity contribution in [3.63, 3.8) is 0 Å². The summed E-state index contributed by atoms with van der Waals surface area (Å²) in [7, 11) is 0. The van der Waals surface area contributed by atoms with Crippen LogP contribution in [0.4, 0.5) is 33.4 Å². The molecule has 1 fully saturated rings. The summed E-state index contributed by atoms with van der Waals surface area (Å²) in [4.78, 5) is 42.6. The Balaban J connectivity index is 2.13. The lowest BCUT2D eigenvalue weighted by atomic mass is 9.99. The monoisotopic (exact) mass is 565 g/mol. The van der Waals surface area contributed by atoms with Crippen LogP contribution < -0.4 is 10.2 Å². The van der Waals surface area contributed by atoms with Crippen molar-refractivity contribution in [2.75, 3.05) is 4.90 Å². The summed E-state index contributed by atoms with van der Waals surface area (Å²) in [6.07, 6.45) is -6.02. The zero-order valence-electron chi connectivity index (χ0n) is 22.6. The third-order valence-corrected chi connectivity index (χ3v) is 5.52. The first-order valence-corrected chi connectivity index (χ1v) is 12.6. The molecule has 3 atom stereocenters. The molecule has 2 unspecified atom stereocenters. The fourth-order valence-electron chi connectivity index (χ4n) is 3.83. The standard InChI is InChI=1S/C25H35ClF3N3O6/c1-14(12-25(27,28)29)31-20(33)36-17-9-8-15(10-17)16-11-18(26)19(30-13-16)32(21(34)37-23(2,3)4)22(35)38-24(5,6)7/h11,13-15,17H,8-10,12H2,1-7H3,(H,31,33)/t14-,15?,17?/m0/s1. The van der Waals surface area contributed by atoms with Gasteiger partial charge in [-0.2, -0.15) is 18.1 Å². The molecule has 9 nitrogen and oxygen atoms in total. The van der Waals surface area contributed by atoms with E-state index in [1.54, 1.807) is 47.6 Å². The number of alkyl carbamates (subject to hydrolysis) is 1. The minimum atomic E-state index is -4.40. The maximum atomic E-state index is 12.9. The van der Waals surface area contributed by atoms with Crippen LogP contribution in [0.15, 0.2) is 12.3 Å². The molecule has 38 heavy (non-hydrogen) atoms. The zero-order chi connectivity index (χ0) is 29.1. The Hall–Kier alpha value is -2.76. The van der Waals surface area contributed by atoms with Gasteiger partial charge in [0.15, 0.2) is 5.82 Å². The van der Waals surface area contributed by atoms with E-state index in [2.05, 4.69) is 10.3 Å². The van der Waals surface area contributed by atoms with Gasteiger partial charge < -0.3 is 19.5 Å². The number of halogens is 4. The molecule has 214 valence electrons. The van der Waals surface area contributed by atoms with Crippen molar-refractivity contribution >= 4 is 35.7 Å². The van der Waals surface area contributed by atoms with Crippen molar-refractivity contribution in [3.05, 3.63) is 22.8 Å². The van der Waals surface area contributed by atoms with Gasteiger partial charge in [0.25, 0.3) is 0 Å². The number of pyridine rings is 1. The van der Waals surface area contributed by atoms with Gasteiger partial charge in [-0.15, -0.1) is 0 Å². The molecule has 0 aliphatic heterocycles. The lowest BCUT2D eigenvalue weighted by Crippen LogP contribution is -2.44. The number of amides is 3. The van der Waals surface area contributed by atoms with E-state index in [1.807, 2.05) is 0 Å². The zero-order valence-corrected chi connectivity index (χ0v) is 23.3. The number of hydrogen-bond acceptors (Lipinski definition) is 7. The molecule has 1 heterocycles. The largest absolute Gasteiger partial charge is 0.446 e. The van der Waals surface area contributed by atoms with Gasteiger partial charge in [-0.1, -0.05) is 11.6 Å². The molecule has 0 radical (unpaired) electrons. The van der Waals surface area contributed by atoms with Crippen LogP contribution in [-0.2, 0) is 14.2 Å². The van der Waals surface area contributed by atoms with Crippen molar-refractivity contribution in [2.24, 2.45) is 0 Å². The minimum Gasteiger partial charge on any atom is -0.446 e. The van der Waals surface area contributed by atoms with Crippen molar-refractivity contribution in [1.82, 2.24) is 10.3 Å². The van der Waals surface area contributed by atoms with Gasteiger partial charge in [0, 0.05) is 12.2 Å². The van der Waals surface area contributed by atoms with Crippen LogP contribution in [0, 0.1) is 0 Å². The molecule has 1 saturated carbocycles. The van der Waals surface area contributed by atoms with Gasteiger partial charge in [-0.3, -0.25) is 0 Å². The highest BCUT2D eigenvalue weighted by Crippen LogP contribution is 2.38. The van der Waals surface area contributed by atoms with Crippen LogP contribution >= 0.6 is 11.6 Å². The lowest BCUT2D eigenvalue weighted by molar-refractivity contribution is -0.138. The van der Waals surface area contributed by atoms with E-state index in [0.29, 0.717) is 29.7 Å². The smallest absolute Gasteiger partial charge is 0.425 e. The number of imide groups is 1. The van der Waals surface area contributed by atoms with E-state index in [1.165, 1.54) is 13.1 Å². The Morgan fingerprint density at radius 2 is 1.63 bits per heavy atom. The van der Waals surface area contributed by atoms with E-state index in [-0.39, 0.29) is 16.8 Å². The molecule has 1 N–H and O–H groups in total. The van der Waals surface area contributed by atoms with Crippen LogP contribution in [0.3, 0.4) is 0 Å². The van der Waals surface area contributed by atoms with Crippen LogP contribution in [0.5, 0.6) is 0 Å². The van der Waals surface area contributed by atoms with Crippen molar-refractivity contribution < 1.29 is 41.8 Å². The van der Waals surface area contributed by atoms with E-state index in [9.17, 15) is 27.6 Å². The highest BCUT2D eigenvalue weighted by atomic mass is 35.5. The maximum Gasteiger partial charge on any atom is 0.425 e. The second-order valence-electron chi connectivity index (χ2n) is 11.3. The molecular weight excluding hydrogens is 531 g/mol. The quantitative estimate of drug-likeness (QED) is 0.379. The molecular formula is C25H35ClF3N3O6. The number of carbonyl (C=O) groups excluding carboxylic acids is 3. The molecule has 1 aromatic rings. The second kappa shape index (κ2) is 12.0. The summed E-state index contributed by atoms with van der Waals surface area (Å²) in [6, 6.07) is 0.442. The molecule has 1 aliphatic carbocycles. The van der Waals surface area contributed by atoms with Crippen molar-refractivity contribution in [1.29, 1.82) is 0 Å². The van der Waals surface area contributed by atoms with Gasteiger partial charge in [0.2, 0.25) is 0 Å². The van der Waals surface area contributed by atoms with E-state index in [4.69, 9.17) is 25.8 Å². The highest BCUT2D eigenvalue weighted by Gasteiger charge is 2.36. The van der Waals surface area contributed by atoms with Gasteiger partial charge in [0.05, 0.1) is 11.4 Å². The van der Waals surface area contributed by atoms with Gasteiger partial charge in [-0.05, 0) is 85.3 Å². The number of ether oxygens (including phenoxy) is 3. The van der Waals surface area contributed by atoms with Crippen LogP contribution in [0.1, 0.15) is 85.6 Å². The number of hydrogen-bond donors (Lipinski definition) is 1. The molecule has 0 bridgehead atoms. The fraction of sp³-hybridized carbons (Fsp3) is 0.680. The predicted octanol–water partition coefficient (Wildman–Crippen LogP) is 7.11. The topological polar surface area (TPSA) is 107 Å². The van der Waals surface area contributed by atoms with Crippen LogP contribution in [0.25, 0.3) is 0 Å². The van der Waals surface area contributed by atoms with Crippen molar-refractivity contribution in [2.45, 2.75) is 110 Å². The number of carbonyl (C=O) groups is 3. The number of anilines is 1. The second-order valence-corrected chi connectivity index (χ2v) is 11.7. The Morgan fingerprint density at radius 3 is 2.11 bits per heavy atom. The molecule has 1 aliphatic rings. The van der Waals surface area contributed by atoms with Crippen LogP contribution in [-0.4, -0.2) is 52.8 Å². The average molecular weight is 566 g/mol. The fourth-order valence-corrected chi connectivity index (χ4v) is 4.09. The number of rotatable bonds is 5. The predicted molar refractivity (Wildman–Crippen MR) is 134 cm³/mol. The first-order valence-electron chi connectivity index (χ1n) is 12.2. The SMILES string of the molecule is C[C@@H](CC(F)(F)F)NC(=O)OC1CCC(c2cnc(N(C(=O)OC(C)(C)C)C(=O)OC(C)(C)C)c(Cl)c2)C1. The Kier molecular flexibility index (Phi) is 9.90. The molecule has 3 amide bonds. The summed E-state index contributed by atoms with van der Waals surface area (Å²) in [5, 5.41) is 2.19. The molecule has 0 saturated heterocycles. The van der Waals surface area contributed by atoms with E-state index < -0.39 is 54.2 Å². The summed E-state index contributed by atoms with van der Waals surface area (Å²) >= 11 is 6.46. The maximum absolute atomic E-state index is 12.9. The summed E-state index contributed by atoms with van der Waals surface area (Å²) in [5.41, 5.74) is -1.12. The summed E-state index contributed by atoms with van der Waals surface area (Å²) in [6.45, 7) is 11.1. The normalized spacial score (nSPS) is 18.9. The Bertz CT molecular complexity index is 995. The number of aromatic nitrogens is 1. The van der Waals surface area contributed by atoms with Gasteiger partial charge >= 0.3 is 24.5 Å². The van der Waals surface area contributed by atoms with E-state index in [0.717, 1.165) is 0 Å². The Labute approximate surface area is 225 Å². The number of alkyl halides is 3. The molecule has 1 aromatic heterocycles. The lowest BCUT2D eigenvalue weighted by Gasteiger charge is -2.28. The summed E-state index contributed by atoms with van der Waals surface area (Å²) in [5.74, 6) is -0.279. The third-order valence-electron chi connectivity index (χ3n) is 5.24. The van der Waals surface area contributed by atoms with Crippen LogP contribution in [0.2, 0.25) is 5.02 Å². The Morgan fingerprint density at radius 1 is 1.08 bits per heavy atom. The molecule has 0 aromatic carbocycles.